The van der Waals surface area contributed by atoms with Crippen LogP contribution < -0.4 is 10.1 Å². The largest absolute Gasteiger partial charge is 0.490 e. The first-order valence-electron chi connectivity index (χ1n) is 6.58. The number of aliphatic hydroxyl groups excluding tert-OH is 1. The fraction of sp³-hybridized carbons (Fsp3) is 0.176. The van der Waals surface area contributed by atoms with Gasteiger partial charge in [0, 0.05) is 12.2 Å². The molecule has 0 aliphatic heterocycles. The van der Waals surface area contributed by atoms with Crippen molar-refractivity contribution in [2.24, 2.45) is 0 Å². The van der Waals surface area contributed by atoms with Gasteiger partial charge in [0.2, 0.25) is 0 Å². The second-order valence-corrected chi connectivity index (χ2v) is 4.46. The lowest BCUT2D eigenvalue weighted by Gasteiger charge is -2.09. The first kappa shape index (κ1) is 14.2. The molecule has 3 heteroatoms. The summed E-state index contributed by atoms with van der Waals surface area (Å²) in [6.07, 6.45) is 1.73. The van der Waals surface area contributed by atoms with Crippen LogP contribution in [0, 0.1) is 0 Å². The van der Waals surface area contributed by atoms with E-state index in [0.717, 1.165) is 23.5 Å². The number of ether oxygens (including phenoxy) is 1. The van der Waals surface area contributed by atoms with Gasteiger partial charge in [-0.25, -0.2) is 0 Å². The van der Waals surface area contributed by atoms with Crippen LogP contribution in [0.3, 0.4) is 0 Å². The summed E-state index contributed by atoms with van der Waals surface area (Å²) in [4.78, 5) is 0. The van der Waals surface area contributed by atoms with Crippen LogP contribution in [0.5, 0.6) is 5.75 Å². The molecule has 0 saturated carbocycles. The molecule has 3 nitrogen and oxygen atoms in total. The maximum Gasteiger partial charge on any atom is 0.119 e. The zero-order valence-electron chi connectivity index (χ0n) is 11.4. The molecule has 0 heterocycles. The molecule has 104 valence electrons. The molecule has 2 rings (SSSR count). The average molecular weight is 269 g/mol. The Morgan fingerprint density at radius 2 is 1.90 bits per heavy atom. The van der Waals surface area contributed by atoms with Crippen molar-refractivity contribution in [2.45, 2.75) is 13.2 Å². The summed E-state index contributed by atoms with van der Waals surface area (Å²) < 4.78 is 5.44. The van der Waals surface area contributed by atoms with Crippen molar-refractivity contribution in [1.29, 1.82) is 0 Å². The Labute approximate surface area is 119 Å². The third-order valence-electron chi connectivity index (χ3n) is 2.90. The number of benzene rings is 2. The summed E-state index contributed by atoms with van der Waals surface area (Å²) in [5.41, 5.74) is 3.08. The van der Waals surface area contributed by atoms with Crippen LogP contribution in [0.1, 0.15) is 11.1 Å². The zero-order chi connectivity index (χ0) is 14.2. The van der Waals surface area contributed by atoms with Gasteiger partial charge in [0.05, 0.1) is 6.61 Å². The third kappa shape index (κ3) is 4.14. The standard InChI is InChI=1S/C17H19NO2/c1-2-10-20-17-8-6-14(7-9-17)12-18-16-5-3-4-15(11-16)13-19/h2-9,11,18-19H,1,10,12-13H2. The molecule has 0 bridgehead atoms. The Morgan fingerprint density at radius 3 is 2.60 bits per heavy atom. The van der Waals surface area contributed by atoms with E-state index in [4.69, 9.17) is 9.84 Å². The Hall–Kier alpha value is -2.26. The highest BCUT2D eigenvalue weighted by Crippen LogP contribution is 2.15. The van der Waals surface area contributed by atoms with Gasteiger partial charge in [-0.2, -0.15) is 0 Å². The van der Waals surface area contributed by atoms with Gasteiger partial charge in [-0.1, -0.05) is 36.9 Å². The van der Waals surface area contributed by atoms with E-state index >= 15 is 0 Å². The van der Waals surface area contributed by atoms with Gasteiger partial charge in [-0.15, -0.1) is 0 Å². The zero-order valence-corrected chi connectivity index (χ0v) is 11.4. The second-order valence-electron chi connectivity index (χ2n) is 4.46. The molecule has 0 fully saturated rings. The predicted octanol–water partition coefficient (Wildman–Crippen LogP) is 3.36. The minimum Gasteiger partial charge on any atom is -0.490 e. The first-order chi connectivity index (χ1) is 9.81. The highest BCUT2D eigenvalue weighted by Gasteiger charge is 1.97. The van der Waals surface area contributed by atoms with E-state index in [-0.39, 0.29) is 6.61 Å². The molecular weight excluding hydrogens is 250 g/mol. The Balaban J connectivity index is 1.91. The lowest BCUT2D eigenvalue weighted by atomic mass is 10.2. The summed E-state index contributed by atoms with van der Waals surface area (Å²) in [5.74, 6) is 0.843. The number of aliphatic hydroxyl groups is 1. The number of rotatable bonds is 7. The van der Waals surface area contributed by atoms with Crippen LogP contribution in [0.25, 0.3) is 0 Å². The van der Waals surface area contributed by atoms with Crippen molar-refractivity contribution >= 4 is 5.69 Å². The summed E-state index contributed by atoms with van der Waals surface area (Å²) in [6, 6.07) is 15.7. The smallest absolute Gasteiger partial charge is 0.119 e. The van der Waals surface area contributed by atoms with Gasteiger partial charge in [-0.05, 0) is 35.4 Å². The molecule has 0 spiro atoms. The molecule has 0 aromatic heterocycles. The SMILES string of the molecule is C=CCOc1ccc(CNc2cccc(CO)c2)cc1. The van der Waals surface area contributed by atoms with Crippen molar-refractivity contribution in [3.05, 3.63) is 72.3 Å². The molecule has 2 aromatic rings. The summed E-state index contributed by atoms with van der Waals surface area (Å²) in [6.45, 7) is 4.93. The van der Waals surface area contributed by atoms with Crippen molar-refractivity contribution in [3.63, 3.8) is 0 Å². The number of hydrogen-bond donors (Lipinski definition) is 2. The minimum atomic E-state index is 0.0604. The van der Waals surface area contributed by atoms with Gasteiger partial charge >= 0.3 is 0 Å². The Kier molecular flexibility index (Phi) is 5.21. The monoisotopic (exact) mass is 269 g/mol. The fourth-order valence-corrected chi connectivity index (χ4v) is 1.84. The van der Waals surface area contributed by atoms with Crippen molar-refractivity contribution in [3.8, 4) is 5.75 Å². The molecule has 20 heavy (non-hydrogen) atoms. The van der Waals surface area contributed by atoms with Crippen LogP contribution in [0.15, 0.2) is 61.2 Å². The second kappa shape index (κ2) is 7.36. The van der Waals surface area contributed by atoms with Crippen molar-refractivity contribution in [2.75, 3.05) is 11.9 Å². The molecule has 0 atom stereocenters. The lowest BCUT2D eigenvalue weighted by Crippen LogP contribution is -2.00. The van der Waals surface area contributed by atoms with Gasteiger partial charge < -0.3 is 15.2 Å². The number of hydrogen-bond acceptors (Lipinski definition) is 3. The van der Waals surface area contributed by atoms with Crippen molar-refractivity contribution in [1.82, 2.24) is 0 Å². The van der Waals surface area contributed by atoms with Crippen molar-refractivity contribution < 1.29 is 9.84 Å². The molecule has 0 unspecified atom stereocenters. The van der Waals surface area contributed by atoms with Crippen LogP contribution in [0.2, 0.25) is 0 Å². The van der Waals surface area contributed by atoms with Crippen LogP contribution >= 0.6 is 0 Å². The quantitative estimate of drug-likeness (QED) is 0.757. The van der Waals surface area contributed by atoms with E-state index in [9.17, 15) is 0 Å². The fourth-order valence-electron chi connectivity index (χ4n) is 1.84. The normalized spacial score (nSPS) is 10.1. The van der Waals surface area contributed by atoms with E-state index in [1.807, 2.05) is 48.5 Å². The summed E-state index contributed by atoms with van der Waals surface area (Å²) in [5, 5.41) is 12.4. The molecule has 2 N–H and O–H groups in total. The van der Waals surface area contributed by atoms with Gasteiger partial charge in [0.15, 0.2) is 0 Å². The van der Waals surface area contributed by atoms with Gasteiger partial charge in [0.25, 0.3) is 0 Å². The summed E-state index contributed by atoms with van der Waals surface area (Å²) in [7, 11) is 0. The number of nitrogens with one attached hydrogen (secondary N) is 1. The van der Waals surface area contributed by atoms with Crippen LogP contribution in [0.4, 0.5) is 5.69 Å². The molecule has 0 radical (unpaired) electrons. The topological polar surface area (TPSA) is 41.5 Å². The summed E-state index contributed by atoms with van der Waals surface area (Å²) >= 11 is 0. The van der Waals surface area contributed by atoms with E-state index in [1.54, 1.807) is 6.08 Å². The molecule has 0 aliphatic carbocycles. The average Bonchev–Trinajstić information content (AvgIpc) is 2.52. The maximum absolute atomic E-state index is 9.10. The van der Waals surface area contributed by atoms with Crippen LogP contribution in [-0.2, 0) is 13.2 Å². The lowest BCUT2D eigenvalue weighted by molar-refractivity contribution is 0.282. The molecule has 0 amide bonds. The van der Waals surface area contributed by atoms with Crippen LogP contribution in [-0.4, -0.2) is 11.7 Å². The Morgan fingerprint density at radius 1 is 1.10 bits per heavy atom. The third-order valence-corrected chi connectivity index (χ3v) is 2.90. The van der Waals surface area contributed by atoms with E-state index in [0.29, 0.717) is 6.61 Å². The van der Waals surface area contributed by atoms with E-state index < -0.39 is 0 Å². The minimum absolute atomic E-state index is 0.0604. The highest BCUT2D eigenvalue weighted by molar-refractivity contribution is 5.46. The first-order valence-corrected chi connectivity index (χ1v) is 6.58. The van der Waals surface area contributed by atoms with Gasteiger partial charge in [-0.3, -0.25) is 0 Å². The predicted molar refractivity (Wildman–Crippen MR) is 81.8 cm³/mol. The van der Waals surface area contributed by atoms with E-state index in [2.05, 4.69) is 11.9 Å². The van der Waals surface area contributed by atoms with E-state index in [1.165, 1.54) is 5.56 Å². The molecule has 2 aromatic carbocycles. The molecule has 0 aliphatic rings. The van der Waals surface area contributed by atoms with Gasteiger partial charge in [0.1, 0.15) is 12.4 Å². The number of anilines is 1. The molecular formula is C17H19NO2. The Bertz CT molecular complexity index is 549. The highest BCUT2D eigenvalue weighted by atomic mass is 16.5. The maximum atomic E-state index is 9.10. The molecule has 0 saturated heterocycles.